The maximum absolute atomic E-state index is 12.9. The second-order valence-corrected chi connectivity index (χ2v) is 6.05. The molecule has 0 atom stereocenters. The Morgan fingerprint density at radius 2 is 1.92 bits per heavy atom. The molecule has 7 heteroatoms. The second kappa shape index (κ2) is 5.49. The van der Waals surface area contributed by atoms with E-state index in [4.69, 9.17) is 0 Å². The molecule has 3 heterocycles. The van der Waals surface area contributed by atoms with Gasteiger partial charge in [0.2, 0.25) is 5.56 Å². The molecule has 0 spiro atoms. The number of hydrogen-bond donors (Lipinski definition) is 0. The van der Waals surface area contributed by atoms with Crippen molar-refractivity contribution in [2.45, 2.75) is 19.8 Å². The van der Waals surface area contributed by atoms with E-state index >= 15 is 0 Å². The van der Waals surface area contributed by atoms with Crippen LogP contribution in [0.15, 0.2) is 34.1 Å². The third-order valence-electron chi connectivity index (χ3n) is 4.13. The van der Waals surface area contributed by atoms with E-state index in [-0.39, 0.29) is 17.0 Å². The summed E-state index contributed by atoms with van der Waals surface area (Å²) in [5.74, 6) is -0.0462. The van der Waals surface area contributed by atoms with Gasteiger partial charge in [-0.25, -0.2) is 0 Å². The van der Waals surface area contributed by atoms with Crippen LogP contribution >= 0.6 is 0 Å². The summed E-state index contributed by atoms with van der Waals surface area (Å²) in [7, 11) is 3.46. The SMILES string of the molecule is CC(C)c1c(-c2ccc(=O)n(C)c2)n(C)c2c(C#N)cnn2c1=O. The molecule has 0 bridgehead atoms. The minimum Gasteiger partial charge on any atom is -0.327 e. The molecule has 7 nitrogen and oxygen atoms in total. The molecular weight excluding hydrogens is 306 g/mol. The molecule has 0 amide bonds. The van der Waals surface area contributed by atoms with Crippen molar-refractivity contribution < 1.29 is 0 Å². The van der Waals surface area contributed by atoms with Gasteiger partial charge in [-0.3, -0.25) is 9.59 Å². The fourth-order valence-electron chi connectivity index (χ4n) is 3.00. The Morgan fingerprint density at radius 3 is 2.50 bits per heavy atom. The van der Waals surface area contributed by atoms with Crippen molar-refractivity contribution >= 4 is 5.65 Å². The van der Waals surface area contributed by atoms with Gasteiger partial charge in [0.15, 0.2) is 5.65 Å². The number of nitriles is 1. The highest BCUT2D eigenvalue weighted by Gasteiger charge is 2.22. The van der Waals surface area contributed by atoms with Crippen LogP contribution in [0.4, 0.5) is 0 Å². The van der Waals surface area contributed by atoms with Crippen LogP contribution in [0.3, 0.4) is 0 Å². The molecule has 0 saturated heterocycles. The Hall–Kier alpha value is -3.14. The molecule has 0 radical (unpaired) electrons. The van der Waals surface area contributed by atoms with Crippen LogP contribution < -0.4 is 11.1 Å². The van der Waals surface area contributed by atoms with Crippen LogP contribution in [0.5, 0.6) is 0 Å². The molecule has 3 rings (SSSR count). The zero-order valence-corrected chi connectivity index (χ0v) is 13.9. The fraction of sp³-hybridized carbons (Fsp3) is 0.294. The molecule has 24 heavy (non-hydrogen) atoms. The van der Waals surface area contributed by atoms with E-state index in [0.717, 1.165) is 5.56 Å². The molecule has 0 aliphatic rings. The topological polar surface area (TPSA) is 85.1 Å². The van der Waals surface area contributed by atoms with E-state index in [2.05, 4.69) is 11.2 Å². The summed E-state index contributed by atoms with van der Waals surface area (Å²) in [5.41, 5.74) is 2.42. The third-order valence-corrected chi connectivity index (χ3v) is 4.13. The monoisotopic (exact) mass is 323 g/mol. The molecule has 122 valence electrons. The van der Waals surface area contributed by atoms with Gasteiger partial charge in [-0.2, -0.15) is 14.9 Å². The van der Waals surface area contributed by atoms with E-state index in [1.165, 1.54) is 21.3 Å². The maximum atomic E-state index is 12.9. The average Bonchev–Trinajstić information content (AvgIpc) is 2.97. The largest absolute Gasteiger partial charge is 0.327 e. The highest BCUT2D eigenvalue weighted by Crippen LogP contribution is 2.27. The number of nitrogens with zero attached hydrogens (tertiary/aromatic N) is 5. The summed E-state index contributed by atoms with van der Waals surface area (Å²) in [4.78, 5) is 24.6. The Bertz CT molecular complexity index is 1110. The predicted molar refractivity (Wildman–Crippen MR) is 89.9 cm³/mol. The van der Waals surface area contributed by atoms with Crippen LogP contribution in [-0.4, -0.2) is 18.7 Å². The third kappa shape index (κ3) is 2.15. The second-order valence-electron chi connectivity index (χ2n) is 6.05. The van der Waals surface area contributed by atoms with Crippen molar-refractivity contribution in [3.8, 4) is 17.3 Å². The lowest BCUT2D eigenvalue weighted by Crippen LogP contribution is -2.26. The lowest BCUT2D eigenvalue weighted by molar-refractivity contribution is 0.755. The summed E-state index contributed by atoms with van der Waals surface area (Å²) in [6, 6.07) is 5.23. The Balaban J connectivity index is 2.54. The lowest BCUT2D eigenvalue weighted by Gasteiger charge is -2.18. The van der Waals surface area contributed by atoms with Crippen molar-refractivity contribution in [3.63, 3.8) is 0 Å². The number of fused-ring (bicyclic) bond motifs is 1. The van der Waals surface area contributed by atoms with Crippen LogP contribution in [0.25, 0.3) is 16.9 Å². The molecule has 0 saturated carbocycles. The molecular formula is C17H17N5O2. The summed E-state index contributed by atoms with van der Waals surface area (Å²) in [6.07, 6.45) is 3.09. The summed E-state index contributed by atoms with van der Waals surface area (Å²) < 4.78 is 4.52. The van der Waals surface area contributed by atoms with E-state index in [1.54, 1.807) is 30.9 Å². The van der Waals surface area contributed by atoms with Gasteiger partial charge in [0, 0.05) is 37.5 Å². The molecule has 3 aromatic heterocycles. The zero-order chi connectivity index (χ0) is 17.6. The molecule has 0 unspecified atom stereocenters. The van der Waals surface area contributed by atoms with E-state index in [1.807, 2.05) is 13.8 Å². The lowest BCUT2D eigenvalue weighted by atomic mass is 9.98. The average molecular weight is 323 g/mol. The standard InChI is InChI=1S/C17H17N5O2/c1-10(2)14-15(11-5-6-13(23)20(3)9-11)21(4)16-12(7-18)8-19-22(16)17(14)24/h5-6,8-10H,1-4H3. The molecule has 0 aliphatic carbocycles. The highest BCUT2D eigenvalue weighted by atomic mass is 16.1. The number of aromatic nitrogens is 4. The highest BCUT2D eigenvalue weighted by molar-refractivity contribution is 5.69. The predicted octanol–water partition coefficient (Wildman–Crippen LogP) is 1.39. The first-order valence-electron chi connectivity index (χ1n) is 7.54. The van der Waals surface area contributed by atoms with E-state index in [0.29, 0.717) is 22.5 Å². The van der Waals surface area contributed by atoms with Crippen LogP contribution in [0, 0.1) is 11.3 Å². The van der Waals surface area contributed by atoms with Crippen molar-refractivity contribution in [2.24, 2.45) is 14.1 Å². The van der Waals surface area contributed by atoms with E-state index < -0.39 is 0 Å². The van der Waals surface area contributed by atoms with Gasteiger partial charge in [-0.05, 0) is 12.0 Å². The quantitative estimate of drug-likeness (QED) is 0.713. The van der Waals surface area contributed by atoms with Gasteiger partial charge < -0.3 is 9.13 Å². The van der Waals surface area contributed by atoms with Crippen LogP contribution in [-0.2, 0) is 14.1 Å². The van der Waals surface area contributed by atoms with Gasteiger partial charge in [0.05, 0.1) is 11.9 Å². The smallest absolute Gasteiger partial charge is 0.278 e. The van der Waals surface area contributed by atoms with Crippen molar-refractivity contribution in [1.29, 1.82) is 5.26 Å². The first kappa shape index (κ1) is 15.7. The van der Waals surface area contributed by atoms with Gasteiger partial charge in [-0.1, -0.05) is 13.8 Å². The summed E-state index contributed by atoms with van der Waals surface area (Å²) >= 11 is 0. The number of hydrogen-bond acceptors (Lipinski definition) is 4. The maximum Gasteiger partial charge on any atom is 0.278 e. The Labute approximate surface area is 138 Å². The molecule has 0 N–H and O–H groups in total. The van der Waals surface area contributed by atoms with Crippen molar-refractivity contribution in [3.05, 3.63) is 56.4 Å². The van der Waals surface area contributed by atoms with Crippen LogP contribution in [0.2, 0.25) is 0 Å². The Kier molecular flexibility index (Phi) is 3.60. The van der Waals surface area contributed by atoms with Gasteiger partial charge in [0.25, 0.3) is 5.56 Å². The first-order chi connectivity index (χ1) is 11.4. The van der Waals surface area contributed by atoms with Gasteiger partial charge >= 0.3 is 0 Å². The Morgan fingerprint density at radius 1 is 1.21 bits per heavy atom. The molecule has 0 fully saturated rings. The van der Waals surface area contributed by atoms with Crippen LogP contribution in [0.1, 0.15) is 30.9 Å². The fourth-order valence-corrected chi connectivity index (χ4v) is 3.00. The van der Waals surface area contributed by atoms with Crippen molar-refractivity contribution in [2.75, 3.05) is 0 Å². The summed E-state index contributed by atoms with van der Waals surface area (Å²) in [6.45, 7) is 3.87. The number of pyridine rings is 1. The molecule has 0 aliphatic heterocycles. The zero-order valence-electron chi connectivity index (χ0n) is 13.9. The summed E-state index contributed by atoms with van der Waals surface area (Å²) in [5, 5.41) is 13.4. The number of aryl methyl sites for hydroxylation is 2. The van der Waals surface area contributed by atoms with Gasteiger partial charge in [-0.15, -0.1) is 0 Å². The minimum atomic E-state index is -0.247. The molecule has 3 aromatic rings. The minimum absolute atomic E-state index is 0.0462. The first-order valence-corrected chi connectivity index (χ1v) is 7.54. The van der Waals surface area contributed by atoms with Gasteiger partial charge in [0.1, 0.15) is 11.6 Å². The number of rotatable bonds is 2. The van der Waals surface area contributed by atoms with E-state index in [9.17, 15) is 14.9 Å². The normalized spacial score (nSPS) is 11.2. The van der Waals surface area contributed by atoms with Crippen molar-refractivity contribution in [1.82, 2.24) is 18.7 Å². The molecule has 0 aromatic carbocycles.